The minimum absolute atomic E-state index is 0.855. The van der Waals surface area contributed by atoms with Crippen LogP contribution in [0.4, 0.5) is 0 Å². The summed E-state index contributed by atoms with van der Waals surface area (Å²) in [5.74, 6) is 0. The highest BCUT2D eigenvalue weighted by Crippen LogP contribution is 2.00. The highest BCUT2D eigenvalue weighted by atomic mass is 14.7. The van der Waals surface area contributed by atoms with Gasteiger partial charge in [0.25, 0.3) is 0 Å². The first-order valence-electron chi connectivity index (χ1n) is 3.13. The van der Waals surface area contributed by atoms with Gasteiger partial charge >= 0.3 is 0 Å². The Balaban J connectivity index is 2.80. The number of nitrogens with zero attached hydrogens (tertiary/aromatic N) is 1. The van der Waals surface area contributed by atoms with Gasteiger partial charge in [0.1, 0.15) is 0 Å². The van der Waals surface area contributed by atoms with Crippen molar-refractivity contribution >= 4 is 6.21 Å². The molecular weight excluding hydrogens is 110 g/mol. The van der Waals surface area contributed by atoms with Crippen molar-refractivity contribution in [3.63, 3.8) is 0 Å². The second kappa shape index (κ2) is 2.62. The van der Waals surface area contributed by atoms with Gasteiger partial charge in [-0.3, -0.25) is 4.99 Å². The summed E-state index contributed by atoms with van der Waals surface area (Å²) >= 11 is 0. The molecule has 48 valence electrons. The summed E-state index contributed by atoms with van der Waals surface area (Å²) in [7, 11) is 0. The minimum Gasteiger partial charge on any atom is -0.289 e. The second-order valence-electron chi connectivity index (χ2n) is 2.39. The Kier molecular flexibility index (Phi) is 1.83. The van der Waals surface area contributed by atoms with Gasteiger partial charge in [0.05, 0.1) is 6.54 Å². The molecule has 1 heteroatoms. The van der Waals surface area contributed by atoms with Gasteiger partial charge in [0, 0.05) is 6.21 Å². The van der Waals surface area contributed by atoms with E-state index in [0.29, 0.717) is 0 Å². The Bertz CT molecular complexity index is 185. The summed E-state index contributed by atoms with van der Waals surface area (Å²) in [6.07, 6.45) is 6.11. The van der Waals surface area contributed by atoms with Crippen molar-refractivity contribution in [1.82, 2.24) is 0 Å². The van der Waals surface area contributed by atoms with Crippen molar-refractivity contribution < 1.29 is 0 Å². The third-order valence-corrected chi connectivity index (χ3v) is 1.27. The lowest BCUT2D eigenvalue weighted by Crippen LogP contribution is -1.79. The molecule has 0 radical (unpaired) electrons. The number of hydrogen-bond donors (Lipinski definition) is 0. The minimum atomic E-state index is 0.855. The van der Waals surface area contributed by atoms with Crippen molar-refractivity contribution in [3.8, 4) is 0 Å². The summed E-state index contributed by atoms with van der Waals surface area (Å²) in [5, 5.41) is 0. The third-order valence-electron chi connectivity index (χ3n) is 1.27. The standard InChI is InChI=1S/C8H11N/c1-7-3-4-8(2)6-9-5-7/h3-5H,6H2,1-2H3. The first-order valence-corrected chi connectivity index (χ1v) is 3.13. The van der Waals surface area contributed by atoms with Gasteiger partial charge in [-0.25, -0.2) is 0 Å². The molecule has 0 fully saturated rings. The van der Waals surface area contributed by atoms with Gasteiger partial charge in [0.15, 0.2) is 0 Å². The molecule has 0 aliphatic carbocycles. The van der Waals surface area contributed by atoms with Crippen LogP contribution in [0.25, 0.3) is 0 Å². The monoisotopic (exact) mass is 121 g/mol. The molecule has 0 saturated carbocycles. The Hall–Kier alpha value is -0.850. The predicted molar refractivity (Wildman–Crippen MR) is 40.9 cm³/mol. The van der Waals surface area contributed by atoms with E-state index in [1.807, 2.05) is 6.21 Å². The molecule has 1 nitrogen and oxygen atoms in total. The molecule has 0 amide bonds. The van der Waals surface area contributed by atoms with Gasteiger partial charge in [-0.1, -0.05) is 17.7 Å². The summed E-state index contributed by atoms with van der Waals surface area (Å²) in [5.41, 5.74) is 2.55. The van der Waals surface area contributed by atoms with Crippen LogP contribution in [0.3, 0.4) is 0 Å². The maximum absolute atomic E-state index is 4.17. The Labute approximate surface area is 55.8 Å². The van der Waals surface area contributed by atoms with Crippen molar-refractivity contribution in [2.75, 3.05) is 6.54 Å². The number of allylic oxidation sites excluding steroid dienone is 3. The fourth-order valence-corrected chi connectivity index (χ4v) is 0.703. The normalized spacial score (nSPS) is 18.4. The highest BCUT2D eigenvalue weighted by molar-refractivity contribution is 5.78. The van der Waals surface area contributed by atoms with Gasteiger partial charge in [-0.05, 0) is 19.4 Å². The van der Waals surface area contributed by atoms with Crippen LogP contribution in [0.1, 0.15) is 13.8 Å². The molecule has 0 aromatic rings. The summed E-state index contributed by atoms with van der Waals surface area (Å²) in [4.78, 5) is 4.17. The van der Waals surface area contributed by atoms with Gasteiger partial charge in [-0.2, -0.15) is 0 Å². The Morgan fingerprint density at radius 3 is 2.89 bits per heavy atom. The molecular formula is C8H11N. The van der Waals surface area contributed by atoms with E-state index in [1.54, 1.807) is 0 Å². The smallest absolute Gasteiger partial charge is 0.0600 e. The molecule has 1 aliphatic heterocycles. The van der Waals surface area contributed by atoms with Crippen molar-refractivity contribution in [2.45, 2.75) is 13.8 Å². The highest BCUT2D eigenvalue weighted by Gasteiger charge is 1.89. The average molecular weight is 121 g/mol. The molecule has 0 aromatic carbocycles. The van der Waals surface area contributed by atoms with E-state index in [1.165, 1.54) is 11.1 Å². The van der Waals surface area contributed by atoms with E-state index in [-0.39, 0.29) is 0 Å². The zero-order chi connectivity index (χ0) is 6.69. The second-order valence-corrected chi connectivity index (χ2v) is 2.39. The Morgan fingerprint density at radius 2 is 2.11 bits per heavy atom. The lowest BCUT2D eigenvalue weighted by molar-refractivity contribution is 1.15. The topological polar surface area (TPSA) is 12.4 Å². The van der Waals surface area contributed by atoms with Crippen molar-refractivity contribution in [1.29, 1.82) is 0 Å². The number of hydrogen-bond acceptors (Lipinski definition) is 1. The Morgan fingerprint density at radius 1 is 1.33 bits per heavy atom. The number of aliphatic imine (C=N–C) groups is 1. The van der Waals surface area contributed by atoms with E-state index < -0.39 is 0 Å². The van der Waals surface area contributed by atoms with Crippen LogP contribution in [0.15, 0.2) is 28.3 Å². The quantitative estimate of drug-likeness (QED) is 0.464. The largest absolute Gasteiger partial charge is 0.289 e. The molecule has 0 atom stereocenters. The van der Waals surface area contributed by atoms with Crippen molar-refractivity contribution in [2.24, 2.45) is 4.99 Å². The molecule has 0 saturated heterocycles. The fourth-order valence-electron chi connectivity index (χ4n) is 0.703. The van der Waals surface area contributed by atoms with Crippen LogP contribution in [0.2, 0.25) is 0 Å². The van der Waals surface area contributed by atoms with E-state index in [0.717, 1.165) is 6.54 Å². The van der Waals surface area contributed by atoms with Crippen LogP contribution in [0.5, 0.6) is 0 Å². The summed E-state index contributed by atoms with van der Waals surface area (Å²) in [6, 6.07) is 0. The lowest BCUT2D eigenvalue weighted by atomic mass is 10.2. The van der Waals surface area contributed by atoms with Crippen LogP contribution in [-0.2, 0) is 0 Å². The van der Waals surface area contributed by atoms with Gasteiger partial charge in [0.2, 0.25) is 0 Å². The van der Waals surface area contributed by atoms with E-state index in [4.69, 9.17) is 0 Å². The van der Waals surface area contributed by atoms with Gasteiger partial charge in [-0.15, -0.1) is 0 Å². The van der Waals surface area contributed by atoms with E-state index in [2.05, 4.69) is 31.0 Å². The predicted octanol–water partition coefficient (Wildman–Crippen LogP) is 1.96. The fraction of sp³-hybridized carbons (Fsp3) is 0.375. The molecule has 1 rings (SSSR count). The molecule has 0 spiro atoms. The first-order chi connectivity index (χ1) is 4.29. The first kappa shape index (κ1) is 6.27. The van der Waals surface area contributed by atoms with Crippen LogP contribution in [-0.4, -0.2) is 12.8 Å². The molecule has 0 N–H and O–H groups in total. The lowest BCUT2D eigenvalue weighted by Gasteiger charge is -1.86. The summed E-state index contributed by atoms with van der Waals surface area (Å²) in [6.45, 7) is 5.00. The third kappa shape index (κ3) is 1.84. The van der Waals surface area contributed by atoms with Crippen LogP contribution < -0.4 is 0 Å². The molecule has 1 heterocycles. The van der Waals surface area contributed by atoms with E-state index >= 15 is 0 Å². The molecule has 0 unspecified atom stereocenters. The molecule has 1 aliphatic rings. The molecule has 0 bridgehead atoms. The number of rotatable bonds is 0. The van der Waals surface area contributed by atoms with E-state index in [9.17, 15) is 0 Å². The maximum atomic E-state index is 4.17. The van der Waals surface area contributed by atoms with Crippen LogP contribution in [0, 0.1) is 0 Å². The SMILES string of the molecule is CC1=CC=C(C)CN=C1. The van der Waals surface area contributed by atoms with Crippen molar-refractivity contribution in [3.05, 3.63) is 23.3 Å². The average Bonchev–Trinajstić information content (AvgIpc) is 1.97. The summed E-state index contributed by atoms with van der Waals surface area (Å²) < 4.78 is 0. The molecule has 0 aromatic heterocycles. The molecule has 9 heavy (non-hydrogen) atoms. The zero-order valence-electron chi connectivity index (χ0n) is 5.89. The van der Waals surface area contributed by atoms with Crippen LogP contribution >= 0.6 is 0 Å². The maximum Gasteiger partial charge on any atom is 0.0600 e. The zero-order valence-corrected chi connectivity index (χ0v) is 5.89. The van der Waals surface area contributed by atoms with Gasteiger partial charge < -0.3 is 0 Å².